The lowest BCUT2D eigenvalue weighted by molar-refractivity contribution is -0.139. The summed E-state index contributed by atoms with van der Waals surface area (Å²) < 4.78 is 12.7. The second-order valence-electron chi connectivity index (χ2n) is 4.42. The molecule has 2 rings (SSSR count). The second kappa shape index (κ2) is 7.68. The zero-order valence-electron chi connectivity index (χ0n) is 11.6. The molecular weight excluding hydrogens is 285 g/mol. The first-order chi connectivity index (χ1) is 10.6. The number of amides is 2. The van der Waals surface area contributed by atoms with Gasteiger partial charge in [0.15, 0.2) is 0 Å². The molecule has 2 N–H and O–H groups in total. The predicted octanol–water partition coefficient (Wildman–Crippen LogP) is 1.59. The zero-order valence-corrected chi connectivity index (χ0v) is 11.6. The van der Waals surface area contributed by atoms with Crippen LogP contribution in [-0.4, -0.2) is 18.0 Å². The number of benzene rings is 2. The Morgan fingerprint density at radius 2 is 1.68 bits per heavy atom. The highest BCUT2D eigenvalue weighted by atomic mass is 19.1. The van der Waals surface area contributed by atoms with Crippen molar-refractivity contribution in [3.05, 3.63) is 71.5 Å². The Balaban J connectivity index is 1.79. The largest absolute Gasteiger partial charge is 0.344 e. The van der Waals surface area contributed by atoms with Crippen LogP contribution in [0.1, 0.15) is 11.1 Å². The molecule has 0 radical (unpaired) electrons. The molecule has 0 aliphatic rings. The minimum Gasteiger partial charge on any atom is -0.344 e. The van der Waals surface area contributed by atoms with Crippen LogP contribution in [0.4, 0.5) is 4.39 Å². The second-order valence-corrected chi connectivity index (χ2v) is 4.42. The summed E-state index contributed by atoms with van der Waals surface area (Å²) in [6, 6.07) is 14.8. The Hall–Kier alpha value is -3.02. The third-order valence-corrected chi connectivity index (χ3v) is 2.75. The van der Waals surface area contributed by atoms with Crippen LogP contribution in [0.5, 0.6) is 0 Å². The molecule has 2 aromatic rings. The van der Waals surface area contributed by atoms with Gasteiger partial charge < -0.3 is 5.32 Å². The van der Waals surface area contributed by atoms with E-state index in [1.54, 1.807) is 0 Å². The van der Waals surface area contributed by atoms with Crippen molar-refractivity contribution in [2.75, 3.05) is 0 Å². The molecule has 5 nitrogen and oxygen atoms in total. The van der Waals surface area contributed by atoms with Crippen molar-refractivity contribution >= 4 is 18.0 Å². The Bertz CT molecular complexity index is 670. The van der Waals surface area contributed by atoms with Crippen LogP contribution in [0, 0.1) is 5.82 Å². The van der Waals surface area contributed by atoms with E-state index in [9.17, 15) is 14.0 Å². The van der Waals surface area contributed by atoms with Gasteiger partial charge in [-0.2, -0.15) is 5.10 Å². The molecule has 112 valence electrons. The fraction of sp³-hybridized carbons (Fsp3) is 0.0625. The number of hydrazone groups is 1. The highest BCUT2D eigenvalue weighted by Gasteiger charge is 2.11. The zero-order chi connectivity index (χ0) is 15.8. The highest BCUT2D eigenvalue weighted by molar-refractivity contribution is 6.35. The molecule has 0 aliphatic heterocycles. The highest BCUT2D eigenvalue weighted by Crippen LogP contribution is 1.99. The van der Waals surface area contributed by atoms with Gasteiger partial charge in [0.25, 0.3) is 0 Å². The molecule has 0 aromatic heterocycles. The summed E-state index contributed by atoms with van der Waals surface area (Å²) in [5.74, 6) is -2.00. The molecule has 0 saturated heterocycles. The van der Waals surface area contributed by atoms with Gasteiger partial charge in [-0.15, -0.1) is 0 Å². The third kappa shape index (κ3) is 4.82. The molecule has 22 heavy (non-hydrogen) atoms. The number of rotatable bonds is 4. The summed E-state index contributed by atoms with van der Waals surface area (Å²) in [4.78, 5) is 23.1. The van der Waals surface area contributed by atoms with Gasteiger partial charge >= 0.3 is 11.8 Å². The van der Waals surface area contributed by atoms with Gasteiger partial charge in [-0.05, 0) is 23.3 Å². The average molecular weight is 299 g/mol. The molecule has 0 spiro atoms. The van der Waals surface area contributed by atoms with E-state index in [1.165, 1.54) is 30.5 Å². The Kier molecular flexibility index (Phi) is 5.37. The molecule has 0 fully saturated rings. The Labute approximate surface area is 126 Å². The van der Waals surface area contributed by atoms with Gasteiger partial charge in [0.1, 0.15) is 5.82 Å². The van der Waals surface area contributed by atoms with Gasteiger partial charge in [-0.3, -0.25) is 9.59 Å². The Morgan fingerprint density at radius 1 is 1.00 bits per heavy atom. The summed E-state index contributed by atoms with van der Waals surface area (Å²) >= 11 is 0. The van der Waals surface area contributed by atoms with Crippen LogP contribution in [0.25, 0.3) is 0 Å². The maximum absolute atomic E-state index is 12.7. The van der Waals surface area contributed by atoms with E-state index in [2.05, 4.69) is 15.8 Å². The first kappa shape index (κ1) is 15.4. The van der Waals surface area contributed by atoms with Crippen molar-refractivity contribution in [3.8, 4) is 0 Å². The molecule has 0 atom stereocenters. The molecule has 6 heteroatoms. The van der Waals surface area contributed by atoms with Crippen molar-refractivity contribution in [2.45, 2.75) is 6.54 Å². The summed E-state index contributed by atoms with van der Waals surface area (Å²) in [5.41, 5.74) is 3.60. The summed E-state index contributed by atoms with van der Waals surface area (Å²) in [5, 5.41) is 6.12. The number of hydrogen-bond donors (Lipinski definition) is 2. The number of halogens is 1. The van der Waals surface area contributed by atoms with Gasteiger partial charge in [-0.25, -0.2) is 9.82 Å². The van der Waals surface area contributed by atoms with Crippen LogP contribution < -0.4 is 10.7 Å². The minimum absolute atomic E-state index is 0.259. The fourth-order valence-electron chi connectivity index (χ4n) is 1.62. The summed E-state index contributed by atoms with van der Waals surface area (Å²) in [6.45, 7) is 0.259. The first-order valence-corrected chi connectivity index (χ1v) is 6.56. The van der Waals surface area contributed by atoms with Crippen LogP contribution in [-0.2, 0) is 16.1 Å². The number of carbonyl (C=O) groups excluding carboxylic acids is 2. The van der Waals surface area contributed by atoms with Crippen molar-refractivity contribution in [2.24, 2.45) is 5.10 Å². The van der Waals surface area contributed by atoms with E-state index in [-0.39, 0.29) is 12.4 Å². The maximum atomic E-state index is 12.7. The predicted molar refractivity (Wildman–Crippen MR) is 80.4 cm³/mol. The van der Waals surface area contributed by atoms with Crippen molar-refractivity contribution in [1.29, 1.82) is 0 Å². The third-order valence-electron chi connectivity index (χ3n) is 2.75. The van der Waals surface area contributed by atoms with E-state index in [0.29, 0.717) is 5.56 Å². The molecule has 0 heterocycles. The molecule has 0 bridgehead atoms. The van der Waals surface area contributed by atoms with E-state index in [1.807, 2.05) is 30.3 Å². The molecule has 0 unspecified atom stereocenters. The molecule has 0 aliphatic carbocycles. The smallest absolute Gasteiger partial charge is 0.329 e. The van der Waals surface area contributed by atoms with Crippen LogP contribution in [0.3, 0.4) is 0 Å². The van der Waals surface area contributed by atoms with Gasteiger partial charge in [-0.1, -0.05) is 42.5 Å². The average Bonchev–Trinajstić information content (AvgIpc) is 2.55. The van der Waals surface area contributed by atoms with Crippen molar-refractivity contribution in [1.82, 2.24) is 10.7 Å². The fourth-order valence-corrected chi connectivity index (χ4v) is 1.62. The van der Waals surface area contributed by atoms with Crippen LogP contribution in [0.2, 0.25) is 0 Å². The van der Waals surface area contributed by atoms with Gasteiger partial charge in [0.2, 0.25) is 0 Å². The monoisotopic (exact) mass is 299 g/mol. The van der Waals surface area contributed by atoms with E-state index >= 15 is 0 Å². The van der Waals surface area contributed by atoms with Gasteiger partial charge in [0, 0.05) is 6.54 Å². The summed E-state index contributed by atoms with van der Waals surface area (Å²) in [7, 11) is 0. The molecule has 2 aromatic carbocycles. The van der Waals surface area contributed by atoms with Crippen LogP contribution >= 0.6 is 0 Å². The SMILES string of the molecule is O=C(NCc1ccccc1)C(=O)N/N=C\c1ccc(F)cc1. The summed E-state index contributed by atoms with van der Waals surface area (Å²) in [6.07, 6.45) is 1.32. The van der Waals surface area contributed by atoms with Gasteiger partial charge in [0.05, 0.1) is 6.21 Å². The minimum atomic E-state index is -0.866. The first-order valence-electron chi connectivity index (χ1n) is 6.56. The van der Waals surface area contributed by atoms with E-state index in [4.69, 9.17) is 0 Å². The topological polar surface area (TPSA) is 70.6 Å². The number of hydrogen-bond acceptors (Lipinski definition) is 3. The Morgan fingerprint density at radius 3 is 2.36 bits per heavy atom. The van der Waals surface area contributed by atoms with E-state index < -0.39 is 11.8 Å². The number of nitrogens with zero attached hydrogens (tertiary/aromatic N) is 1. The lowest BCUT2D eigenvalue weighted by Crippen LogP contribution is -2.37. The molecule has 0 saturated carbocycles. The lowest BCUT2D eigenvalue weighted by Gasteiger charge is -2.03. The standard InChI is InChI=1S/C16H14FN3O2/c17-14-8-6-13(7-9-14)11-19-20-16(22)15(21)18-10-12-4-2-1-3-5-12/h1-9,11H,10H2,(H,18,21)(H,20,22)/b19-11-. The van der Waals surface area contributed by atoms with Crippen LogP contribution in [0.15, 0.2) is 59.7 Å². The number of carbonyl (C=O) groups is 2. The quantitative estimate of drug-likeness (QED) is 0.511. The molecular formula is C16H14FN3O2. The van der Waals surface area contributed by atoms with Crippen molar-refractivity contribution in [3.63, 3.8) is 0 Å². The normalized spacial score (nSPS) is 10.4. The van der Waals surface area contributed by atoms with Crippen molar-refractivity contribution < 1.29 is 14.0 Å². The lowest BCUT2D eigenvalue weighted by atomic mass is 10.2. The molecule has 2 amide bonds. The number of nitrogens with one attached hydrogen (secondary N) is 2. The van der Waals surface area contributed by atoms with E-state index in [0.717, 1.165) is 5.56 Å². The maximum Gasteiger partial charge on any atom is 0.329 e.